The van der Waals surface area contributed by atoms with Gasteiger partial charge in [-0.1, -0.05) is 40.9 Å². The lowest BCUT2D eigenvalue weighted by atomic mass is 10.1. The molecule has 2 aromatic carbocycles. The summed E-state index contributed by atoms with van der Waals surface area (Å²) in [6.45, 7) is -0.0976. The van der Waals surface area contributed by atoms with Crippen molar-refractivity contribution in [1.82, 2.24) is 0 Å². The first-order chi connectivity index (χ1) is 9.88. The Bertz CT molecular complexity index is 704. The van der Waals surface area contributed by atoms with E-state index < -0.39 is 11.8 Å². The van der Waals surface area contributed by atoms with Gasteiger partial charge in [0.05, 0.1) is 20.6 Å². The van der Waals surface area contributed by atoms with Crippen molar-refractivity contribution in [3.63, 3.8) is 0 Å². The third kappa shape index (κ3) is 3.79. The van der Waals surface area contributed by atoms with Crippen LogP contribution in [0.2, 0.25) is 15.1 Å². The standard InChI is InChI=1S/C14H8Cl3FO3/c15-10-4-12(17)13(5-11(10)16)21-6-7-1-2-8(18)3-9(7)14(19)20/h1-5H,6H2,(H,19,20). The van der Waals surface area contributed by atoms with Crippen LogP contribution in [0.3, 0.4) is 0 Å². The van der Waals surface area contributed by atoms with E-state index in [9.17, 15) is 9.18 Å². The van der Waals surface area contributed by atoms with E-state index in [2.05, 4.69) is 0 Å². The molecule has 7 heteroatoms. The molecule has 0 aliphatic carbocycles. The molecule has 0 aromatic heterocycles. The maximum absolute atomic E-state index is 13.1. The molecule has 0 radical (unpaired) electrons. The van der Waals surface area contributed by atoms with Gasteiger partial charge < -0.3 is 9.84 Å². The highest BCUT2D eigenvalue weighted by molar-refractivity contribution is 6.43. The van der Waals surface area contributed by atoms with Gasteiger partial charge in [-0.3, -0.25) is 0 Å². The summed E-state index contributed by atoms with van der Waals surface area (Å²) >= 11 is 17.6. The summed E-state index contributed by atoms with van der Waals surface area (Å²) in [5.41, 5.74) is 0.136. The lowest BCUT2D eigenvalue weighted by molar-refractivity contribution is 0.0693. The molecule has 0 aliphatic rings. The van der Waals surface area contributed by atoms with Crippen LogP contribution >= 0.6 is 34.8 Å². The molecule has 2 rings (SSSR count). The van der Waals surface area contributed by atoms with Gasteiger partial charge in [0.1, 0.15) is 18.2 Å². The molecule has 0 heterocycles. The summed E-state index contributed by atoms with van der Waals surface area (Å²) < 4.78 is 18.5. The van der Waals surface area contributed by atoms with E-state index in [1.165, 1.54) is 18.2 Å². The smallest absolute Gasteiger partial charge is 0.336 e. The van der Waals surface area contributed by atoms with E-state index in [1.807, 2.05) is 0 Å². The molecule has 3 nitrogen and oxygen atoms in total. The van der Waals surface area contributed by atoms with Crippen molar-refractivity contribution in [2.24, 2.45) is 0 Å². The fourth-order valence-electron chi connectivity index (χ4n) is 1.64. The molecule has 0 fully saturated rings. The number of hydrogen-bond acceptors (Lipinski definition) is 2. The van der Waals surface area contributed by atoms with Crippen molar-refractivity contribution in [3.05, 3.63) is 62.3 Å². The quantitative estimate of drug-likeness (QED) is 0.785. The lowest BCUT2D eigenvalue weighted by Crippen LogP contribution is -2.06. The maximum atomic E-state index is 13.1. The molecule has 0 saturated heterocycles. The maximum Gasteiger partial charge on any atom is 0.336 e. The summed E-state index contributed by atoms with van der Waals surface area (Å²) in [5, 5.41) is 9.81. The number of ether oxygens (including phenoxy) is 1. The number of carboxylic acid groups (broad SMARTS) is 1. The van der Waals surface area contributed by atoms with E-state index in [-0.39, 0.29) is 33.0 Å². The first kappa shape index (κ1) is 15.9. The molecule has 2 aromatic rings. The molecule has 0 atom stereocenters. The van der Waals surface area contributed by atoms with Crippen LogP contribution in [0, 0.1) is 5.82 Å². The number of carbonyl (C=O) groups is 1. The topological polar surface area (TPSA) is 46.5 Å². The van der Waals surface area contributed by atoms with Crippen LogP contribution < -0.4 is 4.74 Å². The van der Waals surface area contributed by atoms with Crippen LogP contribution in [0.4, 0.5) is 4.39 Å². The van der Waals surface area contributed by atoms with Crippen molar-refractivity contribution < 1.29 is 19.0 Å². The molecule has 0 spiro atoms. The number of hydrogen-bond donors (Lipinski definition) is 1. The number of halogens is 4. The Hall–Kier alpha value is -1.49. The second kappa shape index (κ2) is 6.52. The van der Waals surface area contributed by atoms with Crippen molar-refractivity contribution in [1.29, 1.82) is 0 Å². The Balaban J connectivity index is 2.25. The SMILES string of the molecule is O=C(O)c1cc(F)ccc1COc1cc(Cl)c(Cl)cc1Cl. The number of aromatic carboxylic acids is 1. The summed E-state index contributed by atoms with van der Waals surface area (Å²) in [6, 6.07) is 6.27. The fourth-order valence-corrected chi connectivity index (χ4v) is 2.24. The van der Waals surface area contributed by atoms with Crippen molar-refractivity contribution in [2.75, 3.05) is 0 Å². The van der Waals surface area contributed by atoms with Gasteiger partial charge in [-0.25, -0.2) is 9.18 Å². The molecular weight excluding hydrogens is 342 g/mol. The van der Waals surface area contributed by atoms with Crippen molar-refractivity contribution >= 4 is 40.8 Å². The third-order valence-corrected chi connectivity index (χ3v) is 3.68. The molecule has 0 unspecified atom stereocenters. The van der Waals surface area contributed by atoms with Crippen molar-refractivity contribution in [2.45, 2.75) is 6.61 Å². The minimum Gasteiger partial charge on any atom is -0.487 e. The highest BCUT2D eigenvalue weighted by Crippen LogP contribution is 2.34. The summed E-state index contributed by atoms with van der Waals surface area (Å²) in [4.78, 5) is 11.1. The van der Waals surface area contributed by atoms with Crippen LogP contribution in [0.15, 0.2) is 30.3 Å². The first-order valence-corrected chi connectivity index (χ1v) is 6.81. The second-order valence-electron chi connectivity index (χ2n) is 4.09. The highest BCUT2D eigenvalue weighted by Gasteiger charge is 2.13. The largest absolute Gasteiger partial charge is 0.487 e. The highest BCUT2D eigenvalue weighted by atomic mass is 35.5. The van der Waals surface area contributed by atoms with E-state index >= 15 is 0 Å². The Kier molecular flexibility index (Phi) is 4.93. The van der Waals surface area contributed by atoms with Gasteiger partial charge in [0.25, 0.3) is 0 Å². The van der Waals surface area contributed by atoms with Crippen LogP contribution in [0.25, 0.3) is 0 Å². The predicted octanol–water partition coefficient (Wildman–Crippen LogP) is 5.06. The van der Waals surface area contributed by atoms with Gasteiger partial charge >= 0.3 is 5.97 Å². The number of carboxylic acids is 1. The van der Waals surface area contributed by atoms with Crippen LogP contribution in [0.1, 0.15) is 15.9 Å². The van der Waals surface area contributed by atoms with Gasteiger partial charge in [0.2, 0.25) is 0 Å². The molecule has 0 aliphatic heterocycles. The average Bonchev–Trinajstić information content (AvgIpc) is 2.42. The Morgan fingerprint density at radius 3 is 2.43 bits per heavy atom. The monoisotopic (exact) mass is 348 g/mol. The zero-order valence-electron chi connectivity index (χ0n) is 10.4. The predicted molar refractivity (Wildman–Crippen MR) is 79.2 cm³/mol. The fraction of sp³-hybridized carbons (Fsp3) is 0.0714. The zero-order chi connectivity index (χ0) is 15.6. The summed E-state index contributed by atoms with van der Waals surface area (Å²) in [5.74, 6) is -1.62. The second-order valence-corrected chi connectivity index (χ2v) is 5.31. The lowest BCUT2D eigenvalue weighted by Gasteiger charge is -2.11. The van der Waals surface area contributed by atoms with E-state index in [4.69, 9.17) is 44.6 Å². The first-order valence-electron chi connectivity index (χ1n) is 5.67. The van der Waals surface area contributed by atoms with E-state index in [1.54, 1.807) is 0 Å². The van der Waals surface area contributed by atoms with Crippen LogP contribution in [-0.2, 0) is 6.61 Å². The van der Waals surface area contributed by atoms with E-state index in [0.717, 1.165) is 12.1 Å². The van der Waals surface area contributed by atoms with Gasteiger partial charge in [0.15, 0.2) is 0 Å². The van der Waals surface area contributed by atoms with Crippen molar-refractivity contribution in [3.8, 4) is 5.75 Å². The molecule has 0 bridgehead atoms. The summed E-state index contributed by atoms with van der Waals surface area (Å²) in [7, 11) is 0. The van der Waals surface area contributed by atoms with Gasteiger partial charge in [0, 0.05) is 11.6 Å². The molecule has 0 amide bonds. The number of rotatable bonds is 4. The Morgan fingerprint density at radius 2 is 1.76 bits per heavy atom. The van der Waals surface area contributed by atoms with Gasteiger partial charge in [-0.2, -0.15) is 0 Å². The molecule has 1 N–H and O–H groups in total. The summed E-state index contributed by atoms with van der Waals surface area (Å²) in [6.07, 6.45) is 0. The third-order valence-electron chi connectivity index (χ3n) is 2.66. The minimum atomic E-state index is -1.24. The Labute approximate surface area is 134 Å². The normalized spacial score (nSPS) is 10.5. The van der Waals surface area contributed by atoms with Gasteiger partial charge in [-0.05, 0) is 18.2 Å². The molecule has 0 saturated carbocycles. The van der Waals surface area contributed by atoms with Gasteiger partial charge in [-0.15, -0.1) is 0 Å². The Morgan fingerprint density at radius 1 is 1.10 bits per heavy atom. The average molecular weight is 350 g/mol. The molecular formula is C14H8Cl3FO3. The van der Waals surface area contributed by atoms with Crippen LogP contribution in [0.5, 0.6) is 5.75 Å². The van der Waals surface area contributed by atoms with Crippen LogP contribution in [-0.4, -0.2) is 11.1 Å². The zero-order valence-corrected chi connectivity index (χ0v) is 12.6. The van der Waals surface area contributed by atoms with E-state index in [0.29, 0.717) is 5.56 Å². The molecule has 21 heavy (non-hydrogen) atoms. The number of benzene rings is 2. The molecule has 110 valence electrons. The minimum absolute atomic E-state index is 0.0976.